The van der Waals surface area contributed by atoms with E-state index in [2.05, 4.69) is 4.98 Å². The number of ether oxygens (including phenoxy) is 3. The first-order valence-corrected chi connectivity index (χ1v) is 8.88. The van der Waals surface area contributed by atoms with Crippen LogP contribution in [-0.2, 0) is 30.4 Å². The fourth-order valence-electron chi connectivity index (χ4n) is 3.14. The summed E-state index contributed by atoms with van der Waals surface area (Å²) < 4.78 is 21.7. The summed E-state index contributed by atoms with van der Waals surface area (Å²) in [6.45, 7) is 2.63. The van der Waals surface area contributed by atoms with Crippen LogP contribution in [0.25, 0.3) is 0 Å². The Labute approximate surface area is 157 Å². The lowest BCUT2D eigenvalue weighted by Gasteiger charge is -2.33. The molecule has 7 heteroatoms. The SMILES string of the molecule is COC(=O)[C@@H]1C(=O)C[C@@H](CCOCc2ccccc2)O[C@H]1c1coc(C)n1. The molecule has 0 amide bonds. The number of aryl methyl sites for hydroxylation is 1. The Bertz CT molecular complexity index is 772. The molecule has 1 aromatic heterocycles. The van der Waals surface area contributed by atoms with Crippen LogP contribution in [0, 0.1) is 12.8 Å². The van der Waals surface area contributed by atoms with E-state index in [1.165, 1.54) is 13.4 Å². The van der Waals surface area contributed by atoms with Crippen LogP contribution >= 0.6 is 0 Å². The summed E-state index contributed by atoms with van der Waals surface area (Å²) in [5, 5.41) is 0. The number of esters is 1. The van der Waals surface area contributed by atoms with Crippen molar-refractivity contribution in [3.8, 4) is 0 Å². The molecule has 1 saturated heterocycles. The van der Waals surface area contributed by atoms with Crippen molar-refractivity contribution in [2.45, 2.75) is 38.6 Å². The maximum absolute atomic E-state index is 12.6. The monoisotopic (exact) mass is 373 g/mol. The van der Waals surface area contributed by atoms with Gasteiger partial charge in [-0.25, -0.2) is 4.98 Å². The molecule has 0 saturated carbocycles. The summed E-state index contributed by atoms with van der Waals surface area (Å²) >= 11 is 0. The van der Waals surface area contributed by atoms with Crippen molar-refractivity contribution in [2.75, 3.05) is 13.7 Å². The number of carbonyl (C=O) groups excluding carboxylic acids is 2. The minimum absolute atomic E-state index is 0.141. The molecule has 1 aliphatic heterocycles. The van der Waals surface area contributed by atoms with Gasteiger partial charge in [0.05, 0.1) is 19.8 Å². The van der Waals surface area contributed by atoms with Crippen molar-refractivity contribution in [1.29, 1.82) is 0 Å². The van der Waals surface area contributed by atoms with Gasteiger partial charge in [0.1, 0.15) is 24.0 Å². The Morgan fingerprint density at radius 3 is 2.74 bits per heavy atom. The average Bonchev–Trinajstić information content (AvgIpc) is 3.11. The number of Topliss-reactive ketones (excluding diaryl/α,β-unsaturated/α-hetero) is 1. The van der Waals surface area contributed by atoms with Crippen LogP contribution < -0.4 is 0 Å². The summed E-state index contributed by atoms with van der Waals surface area (Å²) in [6.07, 6.45) is 0.936. The zero-order chi connectivity index (χ0) is 19.2. The largest absolute Gasteiger partial charge is 0.468 e. The van der Waals surface area contributed by atoms with Gasteiger partial charge in [0, 0.05) is 20.0 Å². The molecule has 3 rings (SSSR count). The van der Waals surface area contributed by atoms with E-state index in [1.54, 1.807) is 6.92 Å². The number of carbonyl (C=O) groups is 2. The van der Waals surface area contributed by atoms with Gasteiger partial charge in [0.15, 0.2) is 11.7 Å². The van der Waals surface area contributed by atoms with E-state index in [-0.39, 0.29) is 18.3 Å². The first-order chi connectivity index (χ1) is 13.1. The highest BCUT2D eigenvalue weighted by atomic mass is 16.5. The van der Waals surface area contributed by atoms with Crippen molar-refractivity contribution >= 4 is 11.8 Å². The van der Waals surface area contributed by atoms with Crippen molar-refractivity contribution in [1.82, 2.24) is 4.98 Å². The Kier molecular flexibility index (Phi) is 6.36. The molecule has 0 aliphatic carbocycles. The van der Waals surface area contributed by atoms with E-state index in [0.29, 0.717) is 31.2 Å². The summed E-state index contributed by atoms with van der Waals surface area (Å²) in [5.74, 6) is -1.42. The third-order valence-electron chi connectivity index (χ3n) is 4.50. The lowest BCUT2D eigenvalue weighted by Crippen LogP contribution is -2.41. The maximum atomic E-state index is 12.6. The molecular formula is C20H23NO6. The number of nitrogens with zero attached hydrogens (tertiary/aromatic N) is 1. The molecule has 3 atom stereocenters. The molecule has 144 valence electrons. The predicted molar refractivity (Wildman–Crippen MR) is 94.7 cm³/mol. The van der Waals surface area contributed by atoms with E-state index in [9.17, 15) is 9.59 Å². The Morgan fingerprint density at radius 2 is 2.07 bits per heavy atom. The van der Waals surface area contributed by atoms with E-state index < -0.39 is 18.0 Å². The molecule has 0 N–H and O–H groups in total. The minimum atomic E-state index is -1.03. The Hall–Kier alpha value is -2.51. The standard InChI is InChI=1S/C20H23NO6/c1-13-21-16(12-26-13)19-18(20(23)24-2)17(22)10-15(27-19)8-9-25-11-14-6-4-3-5-7-14/h3-7,12,15,18-19H,8-11H2,1-2H3/t15-,18-,19+/m1/s1. The molecule has 27 heavy (non-hydrogen) atoms. The van der Waals surface area contributed by atoms with Crippen molar-refractivity contribution in [3.05, 3.63) is 53.7 Å². The zero-order valence-corrected chi connectivity index (χ0v) is 15.4. The van der Waals surface area contributed by atoms with E-state index in [0.717, 1.165) is 5.56 Å². The summed E-state index contributed by atoms with van der Waals surface area (Å²) in [6, 6.07) is 9.85. The third kappa shape index (κ3) is 4.81. The second-order valence-electron chi connectivity index (χ2n) is 6.47. The third-order valence-corrected chi connectivity index (χ3v) is 4.50. The van der Waals surface area contributed by atoms with Gasteiger partial charge < -0.3 is 18.6 Å². The number of aromatic nitrogens is 1. The smallest absolute Gasteiger partial charge is 0.319 e. The van der Waals surface area contributed by atoms with Crippen LogP contribution in [-0.4, -0.2) is 36.6 Å². The van der Waals surface area contributed by atoms with Crippen molar-refractivity contribution < 1.29 is 28.2 Å². The summed E-state index contributed by atoms with van der Waals surface area (Å²) in [5.41, 5.74) is 1.51. The molecular weight excluding hydrogens is 350 g/mol. The average molecular weight is 373 g/mol. The normalized spacial score (nSPS) is 22.6. The highest BCUT2D eigenvalue weighted by Crippen LogP contribution is 2.35. The van der Waals surface area contributed by atoms with E-state index in [1.807, 2.05) is 30.3 Å². The first kappa shape index (κ1) is 19.3. The second kappa shape index (κ2) is 8.92. The Morgan fingerprint density at radius 1 is 1.30 bits per heavy atom. The fraction of sp³-hybridized carbons (Fsp3) is 0.450. The molecule has 0 unspecified atom stereocenters. The van der Waals surface area contributed by atoms with Gasteiger partial charge in [-0.15, -0.1) is 0 Å². The van der Waals surface area contributed by atoms with Gasteiger partial charge >= 0.3 is 5.97 Å². The highest BCUT2D eigenvalue weighted by molar-refractivity contribution is 6.00. The molecule has 7 nitrogen and oxygen atoms in total. The molecule has 0 bridgehead atoms. The van der Waals surface area contributed by atoms with Crippen LogP contribution in [0.2, 0.25) is 0 Å². The van der Waals surface area contributed by atoms with Crippen LogP contribution in [0.5, 0.6) is 0 Å². The quantitative estimate of drug-likeness (QED) is 0.419. The summed E-state index contributed by atoms with van der Waals surface area (Å²) in [4.78, 5) is 28.9. The van der Waals surface area contributed by atoms with Crippen LogP contribution in [0.1, 0.15) is 36.1 Å². The second-order valence-corrected chi connectivity index (χ2v) is 6.47. The number of ketones is 1. The molecule has 1 aliphatic rings. The van der Waals surface area contributed by atoms with Gasteiger partial charge in [-0.05, 0) is 12.0 Å². The fourth-order valence-corrected chi connectivity index (χ4v) is 3.14. The van der Waals surface area contributed by atoms with Crippen LogP contribution in [0.15, 0.2) is 41.0 Å². The van der Waals surface area contributed by atoms with Crippen molar-refractivity contribution in [3.63, 3.8) is 0 Å². The predicted octanol–water partition coefficient (Wildman–Crippen LogP) is 2.78. The van der Waals surface area contributed by atoms with Gasteiger partial charge in [0.25, 0.3) is 0 Å². The number of benzene rings is 1. The molecule has 2 heterocycles. The number of hydrogen-bond donors (Lipinski definition) is 0. The van der Waals surface area contributed by atoms with E-state index in [4.69, 9.17) is 18.6 Å². The summed E-state index contributed by atoms with van der Waals surface area (Å²) in [7, 11) is 1.25. The van der Waals surface area contributed by atoms with Gasteiger partial charge in [-0.2, -0.15) is 0 Å². The highest BCUT2D eigenvalue weighted by Gasteiger charge is 2.44. The number of oxazole rings is 1. The van der Waals surface area contributed by atoms with Gasteiger partial charge in [-0.1, -0.05) is 30.3 Å². The van der Waals surface area contributed by atoms with Gasteiger partial charge in [0.2, 0.25) is 0 Å². The number of hydrogen-bond acceptors (Lipinski definition) is 7. The minimum Gasteiger partial charge on any atom is -0.468 e. The molecule has 1 aromatic carbocycles. The topological polar surface area (TPSA) is 87.9 Å². The molecule has 0 radical (unpaired) electrons. The molecule has 2 aromatic rings. The maximum Gasteiger partial charge on any atom is 0.319 e. The van der Waals surface area contributed by atoms with Crippen molar-refractivity contribution in [2.24, 2.45) is 5.92 Å². The number of methoxy groups -OCH3 is 1. The van der Waals surface area contributed by atoms with Crippen LogP contribution in [0.3, 0.4) is 0 Å². The van der Waals surface area contributed by atoms with Gasteiger partial charge in [-0.3, -0.25) is 9.59 Å². The first-order valence-electron chi connectivity index (χ1n) is 8.88. The van der Waals surface area contributed by atoms with E-state index >= 15 is 0 Å². The molecule has 1 fully saturated rings. The molecule has 0 spiro atoms. The zero-order valence-electron chi connectivity index (χ0n) is 15.4. The lowest BCUT2D eigenvalue weighted by atomic mass is 9.88. The Balaban J connectivity index is 1.61. The van der Waals surface area contributed by atoms with Crippen LogP contribution in [0.4, 0.5) is 0 Å². The lowest BCUT2D eigenvalue weighted by molar-refractivity contribution is -0.169. The number of rotatable bonds is 7.